The number of fused-ring (bicyclic) bond motifs is 2. The van der Waals surface area contributed by atoms with Gasteiger partial charge in [-0.3, -0.25) is 4.21 Å². The Morgan fingerprint density at radius 3 is 2.56 bits per heavy atom. The molecule has 2 saturated carbocycles. The average molecular weight is 288 g/mol. The van der Waals surface area contributed by atoms with E-state index in [1.807, 2.05) is 0 Å². The molecule has 0 spiro atoms. The minimum Gasteiger partial charge on any atom is -0.387 e. The molecule has 3 rings (SSSR count). The molecule has 1 saturated heterocycles. The highest BCUT2D eigenvalue weighted by molar-refractivity contribution is 8.12. The minimum absolute atomic E-state index is 0.0548. The van der Waals surface area contributed by atoms with Gasteiger partial charge in [0.1, 0.15) is 4.58 Å². The maximum absolute atomic E-state index is 12.3. The molecule has 5 atom stereocenters. The van der Waals surface area contributed by atoms with E-state index in [1.165, 1.54) is 6.42 Å². The van der Waals surface area contributed by atoms with E-state index in [4.69, 9.17) is 0 Å². The van der Waals surface area contributed by atoms with E-state index >= 15 is 0 Å². The predicted octanol–water partition coefficient (Wildman–Crippen LogP) is 2.78. The molecule has 2 bridgehead atoms. The smallest absolute Gasteiger partial charge is 0.109 e. The van der Waals surface area contributed by atoms with Gasteiger partial charge < -0.3 is 5.11 Å². The molecule has 18 heavy (non-hydrogen) atoms. The normalized spacial score (nSPS) is 54.8. The molecular weight excluding hydrogens is 264 g/mol. The van der Waals surface area contributed by atoms with E-state index in [2.05, 4.69) is 20.8 Å². The third-order valence-corrected chi connectivity index (χ3v) is 10.2. The molecule has 4 heteroatoms. The number of hydrogen-bond donors (Lipinski definition) is 1. The van der Waals surface area contributed by atoms with Crippen LogP contribution in [0.2, 0.25) is 0 Å². The van der Waals surface area contributed by atoms with Crippen molar-refractivity contribution in [2.45, 2.75) is 56.6 Å². The highest BCUT2D eigenvalue weighted by Gasteiger charge is 2.71. The van der Waals surface area contributed by atoms with Crippen LogP contribution in [0.25, 0.3) is 0 Å². The van der Waals surface area contributed by atoms with Gasteiger partial charge in [0.15, 0.2) is 0 Å². The summed E-state index contributed by atoms with van der Waals surface area (Å²) in [5.41, 5.74) is -0.589. The third-order valence-electron chi connectivity index (χ3n) is 6.34. The van der Waals surface area contributed by atoms with Crippen molar-refractivity contribution in [3.05, 3.63) is 0 Å². The molecule has 2 nitrogen and oxygen atoms in total. The van der Waals surface area contributed by atoms with Gasteiger partial charge in [0.25, 0.3) is 0 Å². The summed E-state index contributed by atoms with van der Waals surface area (Å²) in [6, 6.07) is 0. The zero-order chi connectivity index (χ0) is 13.2. The first kappa shape index (κ1) is 13.4. The summed E-state index contributed by atoms with van der Waals surface area (Å²) in [4.78, 5) is 0. The molecule has 0 aromatic heterocycles. The van der Waals surface area contributed by atoms with Crippen molar-refractivity contribution in [3.8, 4) is 0 Å². The Bertz CT molecular complexity index is 395. The maximum Gasteiger partial charge on any atom is 0.109 e. The monoisotopic (exact) mass is 288 g/mol. The van der Waals surface area contributed by atoms with Gasteiger partial charge in [-0.15, -0.1) is 11.8 Å². The van der Waals surface area contributed by atoms with Crippen molar-refractivity contribution < 1.29 is 9.32 Å². The van der Waals surface area contributed by atoms with Gasteiger partial charge in [-0.2, -0.15) is 0 Å². The average Bonchev–Trinajstić information content (AvgIpc) is 2.61. The zero-order valence-corrected chi connectivity index (χ0v) is 13.2. The van der Waals surface area contributed by atoms with Crippen molar-refractivity contribution in [1.29, 1.82) is 0 Å². The molecule has 0 radical (unpaired) electrons. The molecule has 1 heterocycles. The van der Waals surface area contributed by atoms with E-state index in [0.29, 0.717) is 5.92 Å². The first-order valence-corrected chi connectivity index (χ1v) is 9.47. The van der Waals surface area contributed by atoms with E-state index < -0.39 is 16.4 Å². The first-order chi connectivity index (χ1) is 8.33. The van der Waals surface area contributed by atoms with Crippen LogP contribution in [0.3, 0.4) is 0 Å². The van der Waals surface area contributed by atoms with Crippen LogP contribution in [0.15, 0.2) is 0 Å². The van der Waals surface area contributed by atoms with Crippen molar-refractivity contribution >= 4 is 22.6 Å². The van der Waals surface area contributed by atoms with Crippen molar-refractivity contribution in [2.24, 2.45) is 16.7 Å². The quantitative estimate of drug-likeness (QED) is 0.806. The molecule has 104 valence electrons. The molecule has 3 fully saturated rings. The Labute approximate surface area is 117 Å². The van der Waals surface area contributed by atoms with Gasteiger partial charge in [-0.05, 0) is 42.8 Å². The lowest BCUT2D eigenvalue weighted by Crippen LogP contribution is -2.56. The van der Waals surface area contributed by atoms with Gasteiger partial charge in [0.05, 0.1) is 5.60 Å². The lowest BCUT2D eigenvalue weighted by atomic mass is 9.65. The fraction of sp³-hybridized carbons (Fsp3) is 1.00. The Morgan fingerprint density at radius 2 is 2.06 bits per heavy atom. The molecule has 1 N–H and O–H groups in total. The van der Waals surface area contributed by atoms with E-state index in [1.54, 1.807) is 11.8 Å². The summed E-state index contributed by atoms with van der Waals surface area (Å²) < 4.78 is 12.3. The lowest BCUT2D eigenvalue weighted by molar-refractivity contribution is -0.0771. The maximum atomic E-state index is 12.3. The van der Waals surface area contributed by atoms with Gasteiger partial charge in [0.2, 0.25) is 0 Å². The summed E-state index contributed by atoms with van der Waals surface area (Å²) in [5, 5.41) is 11.4. The van der Waals surface area contributed by atoms with Gasteiger partial charge in [0, 0.05) is 22.0 Å². The largest absolute Gasteiger partial charge is 0.387 e. The highest BCUT2D eigenvalue weighted by atomic mass is 32.2. The Kier molecular flexibility index (Phi) is 2.98. The van der Waals surface area contributed by atoms with Crippen LogP contribution >= 0.6 is 11.8 Å². The third kappa shape index (κ3) is 1.43. The summed E-state index contributed by atoms with van der Waals surface area (Å²) in [7, 11) is -0.855. The van der Waals surface area contributed by atoms with Crippen molar-refractivity contribution in [1.82, 2.24) is 0 Å². The Morgan fingerprint density at radius 1 is 1.33 bits per heavy atom. The van der Waals surface area contributed by atoms with Gasteiger partial charge >= 0.3 is 0 Å². The van der Waals surface area contributed by atoms with Gasteiger partial charge in [-0.1, -0.05) is 20.8 Å². The number of aliphatic hydroxyl groups is 1. The van der Waals surface area contributed by atoms with Crippen LogP contribution in [0.5, 0.6) is 0 Å². The molecule has 1 aliphatic heterocycles. The molecule has 0 aromatic rings. The Hall–Kier alpha value is 0.460. The SMILES string of the molecule is CC1(C)[C@@H]2CC[C@@]1(C)[C@@](O)([C@@H]1SCCCS1=O)C2. The zero-order valence-electron chi connectivity index (χ0n) is 11.6. The van der Waals surface area contributed by atoms with E-state index in [0.717, 1.165) is 30.8 Å². The van der Waals surface area contributed by atoms with Crippen LogP contribution in [0.1, 0.15) is 46.5 Å². The van der Waals surface area contributed by atoms with Crippen LogP contribution in [0.4, 0.5) is 0 Å². The van der Waals surface area contributed by atoms with Gasteiger partial charge in [-0.25, -0.2) is 0 Å². The summed E-state index contributed by atoms with van der Waals surface area (Å²) in [6.45, 7) is 6.85. The topological polar surface area (TPSA) is 37.3 Å². The van der Waals surface area contributed by atoms with Crippen LogP contribution in [-0.2, 0) is 10.8 Å². The molecule has 2 aliphatic carbocycles. The predicted molar refractivity (Wildman–Crippen MR) is 78.1 cm³/mol. The lowest BCUT2D eigenvalue weighted by Gasteiger charge is -2.49. The minimum atomic E-state index is -0.855. The second-order valence-electron chi connectivity index (χ2n) is 7.06. The van der Waals surface area contributed by atoms with Crippen LogP contribution < -0.4 is 0 Å². The molecular formula is C14H24O2S2. The van der Waals surface area contributed by atoms with E-state index in [9.17, 15) is 9.32 Å². The van der Waals surface area contributed by atoms with Crippen molar-refractivity contribution in [2.75, 3.05) is 11.5 Å². The molecule has 0 aromatic carbocycles. The van der Waals surface area contributed by atoms with E-state index in [-0.39, 0.29) is 15.4 Å². The fourth-order valence-electron chi connectivity index (χ4n) is 4.62. The summed E-state index contributed by atoms with van der Waals surface area (Å²) in [5.74, 6) is 2.44. The summed E-state index contributed by atoms with van der Waals surface area (Å²) >= 11 is 1.76. The van der Waals surface area contributed by atoms with Crippen molar-refractivity contribution in [3.63, 3.8) is 0 Å². The molecule has 1 unspecified atom stereocenters. The highest BCUT2D eigenvalue weighted by Crippen LogP contribution is 2.71. The second-order valence-corrected chi connectivity index (χ2v) is 10.2. The fourth-order valence-corrected chi connectivity index (χ4v) is 8.57. The molecule has 0 amide bonds. The Balaban J connectivity index is 1.99. The second kappa shape index (κ2) is 3.98. The first-order valence-electron chi connectivity index (χ1n) is 7.04. The van der Waals surface area contributed by atoms with Crippen LogP contribution in [-0.4, -0.2) is 31.0 Å². The van der Waals surface area contributed by atoms with Crippen LogP contribution in [0, 0.1) is 16.7 Å². The number of hydrogen-bond acceptors (Lipinski definition) is 3. The summed E-state index contributed by atoms with van der Waals surface area (Å²) in [6.07, 6.45) is 4.22. The standard InChI is InChI=1S/C14H24O2S2/c1-12(2)10-5-6-13(12,3)14(15,9-10)11-17-7-4-8-18(11)16/h10-11,15H,4-9H2,1-3H3/t10-,11-,13-,14+,18?/m1/s1. The molecule has 3 aliphatic rings. The number of thioether (sulfide) groups is 1. The number of rotatable bonds is 1.